The van der Waals surface area contributed by atoms with Crippen LogP contribution in [-0.4, -0.2) is 45.1 Å². The number of aromatic nitrogens is 2. The third-order valence-corrected chi connectivity index (χ3v) is 2.23. The van der Waals surface area contributed by atoms with Crippen LogP contribution in [-0.2, 0) is 0 Å². The lowest BCUT2D eigenvalue weighted by Crippen LogP contribution is -2.39. The van der Waals surface area contributed by atoms with E-state index in [2.05, 4.69) is 9.97 Å². The van der Waals surface area contributed by atoms with E-state index in [1.807, 2.05) is 13.8 Å². The normalized spacial score (nSPS) is 10.6. The molecule has 0 aromatic carbocycles. The second kappa shape index (κ2) is 5.77. The second-order valence-electron chi connectivity index (χ2n) is 3.54. The molecule has 0 bridgehead atoms. The molecule has 0 aliphatic heterocycles. The van der Waals surface area contributed by atoms with Crippen molar-refractivity contribution in [1.82, 2.24) is 14.9 Å². The highest BCUT2D eigenvalue weighted by Crippen LogP contribution is 2.08. The molecule has 1 amide bonds. The van der Waals surface area contributed by atoms with Crippen molar-refractivity contribution in [3.8, 4) is 0 Å². The summed E-state index contributed by atoms with van der Waals surface area (Å²) in [6.45, 7) is 3.92. The summed E-state index contributed by atoms with van der Waals surface area (Å²) >= 11 is 5.66. The zero-order valence-corrected chi connectivity index (χ0v) is 9.98. The van der Waals surface area contributed by atoms with Gasteiger partial charge in [-0.25, -0.2) is 4.98 Å². The van der Waals surface area contributed by atoms with Gasteiger partial charge in [-0.2, -0.15) is 0 Å². The van der Waals surface area contributed by atoms with Gasteiger partial charge in [0.25, 0.3) is 5.91 Å². The van der Waals surface area contributed by atoms with Crippen LogP contribution in [0.4, 0.5) is 0 Å². The average molecular weight is 244 g/mol. The minimum absolute atomic E-state index is 0.0135. The van der Waals surface area contributed by atoms with Gasteiger partial charge in [-0.15, -0.1) is 0 Å². The number of aliphatic hydroxyl groups is 1. The molecule has 6 heteroatoms. The first-order valence-corrected chi connectivity index (χ1v) is 5.33. The molecule has 5 nitrogen and oxygen atoms in total. The summed E-state index contributed by atoms with van der Waals surface area (Å²) in [7, 11) is 0. The number of hydrogen-bond donors (Lipinski definition) is 1. The maximum atomic E-state index is 12.0. The fourth-order valence-corrected chi connectivity index (χ4v) is 1.44. The Bertz CT molecular complexity index is 371. The molecule has 0 spiro atoms. The van der Waals surface area contributed by atoms with E-state index in [0.717, 1.165) is 0 Å². The molecule has 1 N–H and O–H groups in total. The van der Waals surface area contributed by atoms with E-state index in [1.54, 1.807) is 0 Å². The minimum Gasteiger partial charge on any atom is -0.395 e. The molecule has 0 atom stereocenters. The predicted molar refractivity (Wildman–Crippen MR) is 60.3 cm³/mol. The van der Waals surface area contributed by atoms with Gasteiger partial charge in [0.1, 0.15) is 10.8 Å². The molecule has 0 radical (unpaired) electrons. The van der Waals surface area contributed by atoms with Gasteiger partial charge in [-0.1, -0.05) is 11.6 Å². The number of hydrogen-bond acceptors (Lipinski definition) is 4. The summed E-state index contributed by atoms with van der Waals surface area (Å²) in [5.41, 5.74) is 0.189. The molecular formula is C10H14ClN3O2. The van der Waals surface area contributed by atoms with Crippen LogP contribution < -0.4 is 0 Å². The number of halogens is 1. The van der Waals surface area contributed by atoms with Crippen molar-refractivity contribution in [3.05, 3.63) is 23.2 Å². The molecule has 1 aromatic heterocycles. The number of carbonyl (C=O) groups excluding carboxylic acids is 1. The van der Waals surface area contributed by atoms with E-state index in [1.165, 1.54) is 17.3 Å². The van der Waals surface area contributed by atoms with E-state index >= 15 is 0 Å². The first kappa shape index (κ1) is 12.9. The molecule has 1 heterocycles. The lowest BCUT2D eigenvalue weighted by atomic mass is 10.2. The number of nitrogens with zero attached hydrogens (tertiary/aromatic N) is 3. The largest absolute Gasteiger partial charge is 0.395 e. The Hall–Kier alpha value is -1.20. The smallest absolute Gasteiger partial charge is 0.274 e. The van der Waals surface area contributed by atoms with Gasteiger partial charge in [0.2, 0.25) is 0 Å². The Morgan fingerprint density at radius 2 is 2.25 bits per heavy atom. The average Bonchev–Trinajstić information content (AvgIpc) is 2.24. The fourth-order valence-electron chi connectivity index (χ4n) is 1.29. The van der Waals surface area contributed by atoms with Crippen LogP contribution in [0, 0.1) is 0 Å². The van der Waals surface area contributed by atoms with Crippen LogP contribution in [0.5, 0.6) is 0 Å². The van der Waals surface area contributed by atoms with E-state index in [0.29, 0.717) is 0 Å². The standard InChI is InChI=1S/C10H14ClN3O2/c1-7(2)14(3-4-15)10(16)8-5-12-6-9(11)13-8/h5-7,15H,3-4H2,1-2H3. The van der Waals surface area contributed by atoms with Crippen LogP contribution in [0.25, 0.3) is 0 Å². The van der Waals surface area contributed by atoms with Crippen LogP contribution in [0.1, 0.15) is 24.3 Å². The molecular weight excluding hydrogens is 230 g/mol. The van der Waals surface area contributed by atoms with Crippen molar-refractivity contribution in [2.45, 2.75) is 19.9 Å². The van der Waals surface area contributed by atoms with Crippen molar-refractivity contribution in [2.75, 3.05) is 13.2 Å². The summed E-state index contributed by atoms with van der Waals surface area (Å²) in [5, 5.41) is 9.06. The monoisotopic (exact) mass is 243 g/mol. The molecule has 0 saturated heterocycles. The van der Waals surface area contributed by atoms with Gasteiger partial charge in [0.15, 0.2) is 0 Å². The molecule has 0 fully saturated rings. The molecule has 0 unspecified atom stereocenters. The highest BCUT2D eigenvalue weighted by molar-refractivity contribution is 6.29. The third kappa shape index (κ3) is 3.15. The topological polar surface area (TPSA) is 66.3 Å². The number of rotatable bonds is 4. The maximum absolute atomic E-state index is 12.0. The zero-order valence-electron chi connectivity index (χ0n) is 9.22. The number of amides is 1. The lowest BCUT2D eigenvalue weighted by Gasteiger charge is -2.25. The van der Waals surface area contributed by atoms with Crippen molar-refractivity contribution in [2.24, 2.45) is 0 Å². The summed E-state index contributed by atoms with van der Waals surface area (Å²) < 4.78 is 0. The number of aliphatic hydroxyl groups excluding tert-OH is 1. The van der Waals surface area contributed by atoms with Crippen LogP contribution >= 0.6 is 11.6 Å². The molecule has 0 saturated carbocycles. The Kier molecular flexibility index (Phi) is 4.64. The second-order valence-corrected chi connectivity index (χ2v) is 3.93. The summed E-state index contributed by atoms with van der Waals surface area (Å²) in [6, 6.07) is -0.0135. The van der Waals surface area contributed by atoms with Crippen molar-refractivity contribution < 1.29 is 9.90 Å². The molecule has 16 heavy (non-hydrogen) atoms. The van der Waals surface area contributed by atoms with Gasteiger partial charge in [-0.3, -0.25) is 9.78 Å². The van der Waals surface area contributed by atoms with E-state index in [9.17, 15) is 4.79 Å². The van der Waals surface area contributed by atoms with Gasteiger partial charge in [0.05, 0.1) is 19.0 Å². The van der Waals surface area contributed by atoms with Crippen molar-refractivity contribution in [3.63, 3.8) is 0 Å². The molecule has 1 rings (SSSR count). The summed E-state index contributed by atoms with van der Waals surface area (Å²) in [4.78, 5) is 21.2. The Labute approximate surface area is 99.1 Å². The highest BCUT2D eigenvalue weighted by atomic mass is 35.5. The van der Waals surface area contributed by atoms with Crippen LogP contribution in [0.15, 0.2) is 12.4 Å². The zero-order chi connectivity index (χ0) is 12.1. The van der Waals surface area contributed by atoms with Gasteiger partial charge < -0.3 is 10.0 Å². The Morgan fingerprint density at radius 1 is 1.56 bits per heavy atom. The number of carbonyl (C=O) groups is 1. The summed E-state index contributed by atoms with van der Waals surface area (Å²) in [5.74, 6) is -0.279. The first-order chi connectivity index (χ1) is 7.56. The molecule has 88 valence electrons. The Balaban J connectivity index is 2.90. The van der Waals surface area contributed by atoms with Crippen LogP contribution in [0.3, 0.4) is 0 Å². The summed E-state index contributed by atoms with van der Waals surface area (Å²) in [6.07, 6.45) is 2.73. The van der Waals surface area contributed by atoms with Gasteiger partial charge >= 0.3 is 0 Å². The fraction of sp³-hybridized carbons (Fsp3) is 0.500. The predicted octanol–water partition coefficient (Wildman–Crippen LogP) is 0.973. The van der Waals surface area contributed by atoms with E-state index in [4.69, 9.17) is 16.7 Å². The van der Waals surface area contributed by atoms with Crippen molar-refractivity contribution in [1.29, 1.82) is 0 Å². The Morgan fingerprint density at radius 3 is 2.75 bits per heavy atom. The molecule has 0 aliphatic rings. The van der Waals surface area contributed by atoms with Crippen molar-refractivity contribution >= 4 is 17.5 Å². The highest BCUT2D eigenvalue weighted by Gasteiger charge is 2.19. The quantitative estimate of drug-likeness (QED) is 0.856. The maximum Gasteiger partial charge on any atom is 0.274 e. The van der Waals surface area contributed by atoms with E-state index in [-0.39, 0.29) is 35.9 Å². The third-order valence-electron chi connectivity index (χ3n) is 2.05. The lowest BCUT2D eigenvalue weighted by molar-refractivity contribution is 0.0659. The minimum atomic E-state index is -0.279. The first-order valence-electron chi connectivity index (χ1n) is 4.95. The van der Waals surface area contributed by atoms with Gasteiger partial charge in [0, 0.05) is 12.6 Å². The molecule has 0 aliphatic carbocycles. The van der Waals surface area contributed by atoms with E-state index < -0.39 is 0 Å². The SMILES string of the molecule is CC(C)N(CCO)C(=O)c1cncc(Cl)n1. The van der Waals surface area contributed by atoms with Gasteiger partial charge in [-0.05, 0) is 13.8 Å². The molecule has 1 aromatic rings. The van der Waals surface area contributed by atoms with Crippen LogP contribution in [0.2, 0.25) is 5.15 Å².